The summed E-state index contributed by atoms with van der Waals surface area (Å²) in [5, 5.41) is 18.8. The standard InChI is InChI=1S/C4H6N4OS/c1-2-3(8-9)10-4(5)7-6-2/h9H,1H3,(H2,5,7)/b8-3-. The van der Waals surface area contributed by atoms with Gasteiger partial charge in [-0.05, 0) is 6.92 Å². The summed E-state index contributed by atoms with van der Waals surface area (Å²) in [4.78, 5) is 0. The van der Waals surface area contributed by atoms with Crippen molar-refractivity contribution in [1.82, 2.24) is 10.2 Å². The summed E-state index contributed by atoms with van der Waals surface area (Å²) in [5.41, 5.74) is 5.85. The predicted molar refractivity (Wildman–Crippen MR) is 36.4 cm³/mol. The number of nitrogens with zero attached hydrogens (tertiary/aromatic N) is 3. The first-order valence-electron chi connectivity index (χ1n) is 2.52. The van der Waals surface area contributed by atoms with Crippen LogP contribution in [0.25, 0.3) is 0 Å². The van der Waals surface area contributed by atoms with Gasteiger partial charge in [-0.2, -0.15) is 0 Å². The molecular formula is C4H6N4OS. The molecule has 1 rings (SSSR count). The van der Waals surface area contributed by atoms with Crippen LogP contribution in [0, 0.1) is 6.92 Å². The first kappa shape index (κ1) is 6.94. The van der Waals surface area contributed by atoms with E-state index in [4.69, 9.17) is 10.9 Å². The predicted octanol–water partition coefficient (Wildman–Crippen LogP) is -0.281. The van der Waals surface area contributed by atoms with Gasteiger partial charge in [0.15, 0.2) is 4.67 Å². The van der Waals surface area contributed by atoms with Crippen LogP contribution in [-0.2, 0) is 0 Å². The fourth-order valence-electron chi connectivity index (χ4n) is 0.453. The van der Waals surface area contributed by atoms with Crippen LogP contribution in [0.5, 0.6) is 0 Å². The molecule has 0 aliphatic carbocycles. The van der Waals surface area contributed by atoms with Gasteiger partial charge in [-0.3, -0.25) is 0 Å². The van der Waals surface area contributed by atoms with E-state index in [9.17, 15) is 0 Å². The third-order valence-corrected chi connectivity index (χ3v) is 1.76. The SMILES string of the molecule is Cc1nnc(N)s/c1=N\O. The lowest BCUT2D eigenvalue weighted by Gasteiger charge is -1.89. The van der Waals surface area contributed by atoms with Crippen LogP contribution in [0.3, 0.4) is 0 Å². The molecule has 0 unspecified atom stereocenters. The Hall–Kier alpha value is -1.17. The van der Waals surface area contributed by atoms with E-state index in [-0.39, 0.29) is 0 Å². The van der Waals surface area contributed by atoms with Crippen LogP contribution in [0.2, 0.25) is 0 Å². The van der Waals surface area contributed by atoms with Crippen molar-refractivity contribution in [2.24, 2.45) is 5.16 Å². The second-order valence-electron chi connectivity index (χ2n) is 1.63. The van der Waals surface area contributed by atoms with Gasteiger partial charge in [0.1, 0.15) is 0 Å². The van der Waals surface area contributed by atoms with Crippen LogP contribution in [0.4, 0.5) is 5.13 Å². The highest BCUT2D eigenvalue weighted by atomic mass is 32.1. The molecule has 10 heavy (non-hydrogen) atoms. The fourth-order valence-corrected chi connectivity index (χ4v) is 0.962. The number of anilines is 1. The van der Waals surface area contributed by atoms with E-state index in [1.54, 1.807) is 6.92 Å². The molecule has 0 saturated heterocycles. The summed E-state index contributed by atoms with van der Waals surface area (Å²) in [5.74, 6) is 0. The fraction of sp³-hybridized carbons (Fsp3) is 0.250. The van der Waals surface area contributed by atoms with Gasteiger partial charge < -0.3 is 10.9 Å². The Kier molecular flexibility index (Phi) is 1.81. The van der Waals surface area contributed by atoms with Crippen LogP contribution in [-0.4, -0.2) is 15.4 Å². The van der Waals surface area contributed by atoms with Crippen molar-refractivity contribution in [3.05, 3.63) is 10.4 Å². The van der Waals surface area contributed by atoms with E-state index in [0.717, 1.165) is 11.3 Å². The molecule has 0 radical (unpaired) electrons. The molecule has 6 heteroatoms. The Balaban J connectivity index is 3.37. The number of rotatable bonds is 0. The quantitative estimate of drug-likeness (QED) is 0.401. The molecule has 0 atom stereocenters. The van der Waals surface area contributed by atoms with Crippen molar-refractivity contribution < 1.29 is 5.21 Å². The Morgan fingerprint density at radius 2 is 2.30 bits per heavy atom. The molecule has 0 aliphatic rings. The highest BCUT2D eigenvalue weighted by molar-refractivity contribution is 7.12. The minimum atomic E-state index is 0.290. The molecule has 0 amide bonds. The zero-order valence-corrected chi connectivity index (χ0v) is 6.09. The second-order valence-corrected chi connectivity index (χ2v) is 2.64. The maximum absolute atomic E-state index is 8.35. The van der Waals surface area contributed by atoms with Crippen molar-refractivity contribution in [2.75, 3.05) is 5.73 Å². The van der Waals surface area contributed by atoms with E-state index in [2.05, 4.69) is 15.4 Å². The van der Waals surface area contributed by atoms with Gasteiger partial charge >= 0.3 is 0 Å². The Morgan fingerprint density at radius 3 is 2.80 bits per heavy atom. The summed E-state index contributed by atoms with van der Waals surface area (Å²) >= 11 is 1.09. The van der Waals surface area contributed by atoms with E-state index >= 15 is 0 Å². The van der Waals surface area contributed by atoms with Gasteiger partial charge in [-0.15, -0.1) is 10.2 Å². The van der Waals surface area contributed by atoms with E-state index < -0.39 is 0 Å². The highest BCUT2D eigenvalue weighted by Crippen LogP contribution is 1.96. The number of aryl methyl sites for hydroxylation is 1. The highest BCUT2D eigenvalue weighted by Gasteiger charge is 1.94. The minimum absolute atomic E-state index is 0.290. The zero-order chi connectivity index (χ0) is 7.56. The van der Waals surface area contributed by atoms with E-state index in [0.29, 0.717) is 15.5 Å². The lowest BCUT2D eigenvalue weighted by Crippen LogP contribution is -2.08. The smallest absolute Gasteiger partial charge is 0.203 e. The minimum Gasteiger partial charge on any atom is -0.410 e. The largest absolute Gasteiger partial charge is 0.410 e. The van der Waals surface area contributed by atoms with Crippen molar-refractivity contribution in [1.29, 1.82) is 0 Å². The molecule has 5 nitrogen and oxygen atoms in total. The second kappa shape index (κ2) is 2.61. The summed E-state index contributed by atoms with van der Waals surface area (Å²) in [6, 6.07) is 0. The van der Waals surface area contributed by atoms with Crippen molar-refractivity contribution in [3.63, 3.8) is 0 Å². The first-order valence-corrected chi connectivity index (χ1v) is 3.33. The number of nitrogen functional groups attached to an aromatic ring is 1. The molecule has 1 aromatic rings. The summed E-state index contributed by atoms with van der Waals surface area (Å²) in [6.45, 7) is 1.69. The van der Waals surface area contributed by atoms with Crippen molar-refractivity contribution in [2.45, 2.75) is 6.92 Å². The number of hydrogen-bond donors (Lipinski definition) is 2. The zero-order valence-electron chi connectivity index (χ0n) is 5.27. The molecule has 54 valence electrons. The average Bonchev–Trinajstić information content (AvgIpc) is 1.94. The number of aromatic nitrogens is 2. The van der Waals surface area contributed by atoms with Gasteiger partial charge in [-0.1, -0.05) is 16.5 Å². The molecule has 0 bridgehead atoms. The third-order valence-electron chi connectivity index (χ3n) is 0.900. The van der Waals surface area contributed by atoms with E-state index in [1.807, 2.05) is 0 Å². The molecule has 1 aromatic heterocycles. The Bertz CT molecular complexity index is 294. The van der Waals surface area contributed by atoms with Gasteiger partial charge in [0.05, 0.1) is 5.69 Å². The third kappa shape index (κ3) is 1.21. The monoisotopic (exact) mass is 158 g/mol. The van der Waals surface area contributed by atoms with Gasteiger partial charge in [0.25, 0.3) is 0 Å². The van der Waals surface area contributed by atoms with Crippen LogP contribution < -0.4 is 10.4 Å². The first-order chi connectivity index (χ1) is 4.74. The Labute approximate surface area is 60.8 Å². The van der Waals surface area contributed by atoms with Crippen LogP contribution >= 0.6 is 11.3 Å². The van der Waals surface area contributed by atoms with Gasteiger partial charge in [0.2, 0.25) is 5.13 Å². The summed E-state index contributed by atoms with van der Waals surface area (Å²) in [6.07, 6.45) is 0. The molecule has 0 saturated carbocycles. The number of hydrogen-bond acceptors (Lipinski definition) is 6. The lowest BCUT2D eigenvalue weighted by atomic mass is 10.6. The molecule has 3 N–H and O–H groups in total. The maximum atomic E-state index is 8.35. The van der Waals surface area contributed by atoms with Crippen LogP contribution in [0.15, 0.2) is 5.16 Å². The molecular weight excluding hydrogens is 152 g/mol. The van der Waals surface area contributed by atoms with Crippen molar-refractivity contribution in [3.8, 4) is 0 Å². The summed E-state index contributed by atoms with van der Waals surface area (Å²) < 4.78 is 0.396. The average molecular weight is 158 g/mol. The van der Waals surface area contributed by atoms with E-state index in [1.165, 1.54) is 0 Å². The number of nitrogens with two attached hydrogens (primary N) is 1. The molecule has 0 aromatic carbocycles. The van der Waals surface area contributed by atoms with Gasteiger partial charge in [-0.25, -0.2) is 0 Å². The Morgan fingerprint density at radius 1 is 1.60 bits per heavy atom. The molecule has 0 spiro atoms. The normalized spacial score (nSPS) is 11.9. The molecule has 0 fully saturated rings. The molecule has 1 heterocycles. The molecule has 0 aliphatic heterocycles. The van der Waals surface area contributed by atoms with Gasteiger partial charge in [0, 0.05) is 0 Å². The topological polar surface area (TPSA) is 84.4 Å². The van der Waals surface area contributed by atoms with Crippen LogP contribution in [0.1, 0.15) is 5.69 Å². The van der Waals surface area contributed by atoms with Crippen molar-refractivity contribution >= 4 is 16.5 Å². The summed E-state index contributed by atoms with van der Waals surface area (Å²) in [7, 11) is 0. The lowest BCUT2D eigenvalue weighted by molar-refractivity contribution is 0.303. The maximum Gasteiger partial charge on any atom is 0.203 e.